The van der Waals surface area contributed by atoms with Crippen LogP contribution < -0.4 is 5.32 Å². The zero-order chi connectivity index (χ0) is 7.98. The van der Waals surface area contributed by atoms with Crippen molar-refractivity contribution >= 4 is 0 Å². The van der Waals surface area contributed by atoms with E-state index in [0.29, 0.717) is 6.54 Å². The van der Waals surface area contributed by atoms with E-state index in [1.165, 1.54) is 0 Å². The van der Waals surface area contributed by atoms with E-state index in [4.69, 9.17) is 15.3 Å². The fourth-order valence-corrected chi connectivity index (χ4v) is 0.670. The fraction of sp³-hybridized carbons (Fsp3) is 1.00. The second-order valence-electron chi connectivity index (χ2n) is 2.20. The molecule has 4 heteroatoms. The largest absolute Gasteiger partial charge is 0.396 e. The SMILES string of the molecule is CNCC(O)[C@H](O)CCO. The van der Waals surface area contributed by atoms with Gasteiger partial charge < -0.3 is 20.6 Å². The van der Waals surface area contributed by atoms with Crippen molar-refractivity contribution in [1.29, 1.82) is 0 Å². The molecular formula is C6H15NO3. The third-order valence-corrected chi connectivity index (χ3v) is 1.28. The Morgan fingerprint density at radius 2 is 1.90 bits per heavy atom. The van der Waals surface area contributed by atoms with Crippen molar-refractivity contribution in [3.63, 3.8) is 0 Å². The lowest BCUT2D eigenvalue weighted by Gasteiger charge is -2.15. The van der Waals surface area contributed by atoms with Gasteiger partial charge in [-0.05, 0) is 13.5 Å². The summed E-state index contributed by atoms with van der Waals surface area (Å²) < 4.78 is 0. The summed E-state index contributed by atoms with van der Waals surface area (Å²) in [7, 11) is 1.69. The average molecular weight is 149 g/mol. The molecule has 62 valence electrons. The van der Waals surface area contributed by atoms with Crippen LogP contribution in [0.5, 0.6) is 0 Å². The second kappa shape index (κ2) is 5.61. The van der Waals surface area contributed by atoms with Gasteiger partial charge in [0.2, 0.25) is 0 Å². The maximum absolute atomic E-state index is 9.03. The lowest BCUT2D eigenvalue weighted by molar-refractivity contribution is 0.00724. The van der Waals surface area contributed by atoms with Crippen LogP contribution in [0.25, 0.3) is 0 Å². The highest BCUT2D eigenvalue weighted by Crippen LogP contribution is 1.96. The predicted molar refractivity (Wildman–Crippen MR) is 37.6 cm³/mol. The highest BCUT2D eigenvalue weighted by Gasteiger charge is 2.13. The van der Waals surface area contributed by atoms with Crippen LogP contribution in [0.3, 0.4) is 0 Å². The number of rotatable bonds is 5. The van der Waals surface area contributed by atoms with Gasteiger partial charge in [0.25, 0.3) is 0 Å². The van der Waals surface area contributed by atoms with E-state index in [1.54, 1.807) is 7.05 Å². The molecule has 0 aliphatic heterocycles. The summed E-state index contributed by atoms with van der Waals surface area (Å²) >= 11 is 0. The van der Waals surface area contributed by atoms with Crippen LogP contribution in [0.4, 0.5) is 0 Å². The van der Waals surface area contributed by atoms with Crippen molar-refractivity contribution in [1.82, 2.24) is 5.32 Å². The van der Waals surface area contributed by atoms with E-state index in [1.807, 2.05) is 0 Å². The minimum atomic E-state index is -0.822. The Labute approximate surface area is 60.5 Å². The first-order valence-electron chi connectivity index (χ1n) is 3.34. The smallest absolute Gasteiger partial charge is 0.0923 e. The van der Waals surface area contributed by atoms with Crippen LogP contribution in [-0.2, 0) is 0 Å². The van der Waals surface area contributed by atoms with Crippen LogP contribution in [0.15, 0.2) is 0 Å². The van der Waals surface area contributed by atoms with Gasteiger partial charge in [-0.2, -0.15) is 0 Å². The Hall–Kier alpha value is -0.160. The topological polar surface area (TPSA) is 72.7 Å². The number of nitrogens with one attached hydrogen (secondary N) is 1. The monoisotopic (exact) mass is 149 g/mol. The molecule has 0 aliphatic carbocycles. The van der Waals surface area contributed by atoms with Gasteiger partial charge in [0.15, 0.2) is 0 Å². The zero-order valence-corrected chi connectivity index (χ0v) is 6.12. The van der Waals surface area contributed by atoms with Crippen molar-refractivity contribution < 1.29 is 15.3 Å². The number of aliphatic hydroxyl groups is 3. The van der Waals surface area contributed by atoms with E-state index < -0.39 is 12.2 Å². The first kappa shape index (κ1) is 9.84. The van der Waals surface area contributed by atoms with Crippen LogP contribution in [0, 0.1) is 0 Å². The van der Waals surface area contributed by atoms with Gasteiger partial charge in [-0.1, -0.05) is 0 Å². The van der Waals surface area contributed by atoms with Crippen molar-refractivity contribution in [3.05, 3.63) is 0 Å². The lowest BCUT2D eigenvalue weighted by Crippen LogP contribution is -2.35. The minimum Gasteiger partial charge on any atom is -0.396 e. The zero-order valence-electron chi connectivity index (χ0n) is 6.12. The van der Waals surface area contributed by atoms with Gasteiger partial charge in [0.05, 0.1) is 12.2 Å². The molecule has 0 bridgehead atoms. The number of hydrogen-bond acceptors (Lipinski definition) is 4. The predicted octanol–water partition coefficient (Wildman–Crippen LogP) is -1.69. The van der Waals surface area contributed by atoms with Crippen molar-refractivity contribution in [2.24, 2.45) is 0 Å². The van der Waals surface area contributed by atoms with E-state index in [-0.39, 0.29) is 13.0 Å². The Balaban J connectivity index is 3.38. The standard InChI is InChI=1S/C6H15NO3/c1-7-4-6(10)5(9)2-3-8/h5-10H,2-4H2,1H3/t5-,6?/m1/s1. The summed E-state index contributed by atoms with van der Waals surface area (Å²) in [4.78, 5) is 0. The molecule has 0 radical (unpaired) electrons. The molecule has 0 aromatic carbocycles. The first-order valence-corrected chi connectivity index (χ1v) is 3.34. The number of aliphatic hydroxyl groups excluding tert-OH is 3. The molecule has 0 rings (SSSR count). The molecule has 4 N–H and O–H groups in total. The maximum atomic E-state index is 9.03. The van der Waals surface area contributed by atoms with Crippen molar-refractivity contribution in [3.8, 4) is 0 Å². The summed E-state index contributed by atoms with van der Waals surface area (Å²) in [6.45, 7) is 0.253. The maximum Gasteiger partial charge on any atom is 0.0923 e. The summed E-state index contributed by atoms with van der Waals surface area (Å²) in [6, 6.07) is 0. The van der Waals surface area contributed by atoms with E-state index in [2.05, 4.69) is 5.32 Å². The molecular weight excluding hydrogens is 134 g/mol. The van der Waals surface area contributed by atoms with Gasteiger partial charge >= 0.3 is 0 Å². The Kier molecular flexibility index (Phi) is 5.52. The third-order valence-electron chi connectivity index (χ3n) is 1.28. The molecule has 0 saturated heterocycles. The second-order valence-corrected chi connectivity index (χ2v) is 2.20. The van der Waals surface area contributed by atoms with E-state index in [9.17, 15) is 0 Å². The molecule has 0 aromatic heterocycles. The van der Waals surface area contributed by atoms with Gasteiger partial charge in [-0.25, -0.2) is 0 Å². The van der Waals surface area contributed by atoms with Gasteiger partial charge in [0, 0.05) is 13.2 Å². The normalized spacial score (nSPS) is 16.8. The average Bonchev–Trinajstić information content (AvgIpc) is 1.89. The molecule has 0 aliphatic rings. The molecule has 0 spiro atoms. The molecule has 0 fully saturated rings. The summed E-state index contributed by atoms with van der Waals surface area (Å²) in [5.74, 6) is 0. The summed E-state index contributed by atoms with van der Waals surface area (Å²) in [5.41, 5.74) is 0. The quantitative estimate of drug-likeness (QED) is 0.376. The molecule has 0 saturated carbocycles. The van der Waals surface area contributed by atoms with E-state index in [0.717, 1.165) is 0 Å². The molecule has 0 heterocycles. The first-order chi connectivity index (χ1) is 4.72. The molecule has 0 amide bonds. The number of hydrogen-bond donors (Lipinski definition) is 4. The van der Waals surface area contributed by atoms with Crippen molar-refractivity contribution in [2.45, 2.75) is 18.6 Å². The Bertz CT molecular complexity index is 69.4. The van der Waals surface area contributed by atoms with Crippen LogP contribution in [0.1, 0.15) is 6.42 Å². The van der Waals surface area contributed by atoms with Crippen LogP contribution >= 0.6 is 0 Å². The highest BCUT2D eigenvalue weighted by atomic mass is 16.3. The minimum absolute atomic E-state index is 0.0953. The fourth-order valence-electron chi connectivity index (χ4n) is 0.670. The van der Waals surface area contributed by atoms with Gasteiger partial charge in [0.1, 0.15) is 0 Å². The lowest BCUT2D eigenvalue weighted by atomic mass is 10.1. The Morgan fingerprint density at radius 1 is 1.30 bits per heavy atom. The summed E-state index contributed by atoms with van der Waals surface area (Å²) in [5, 5.41) is 29.1. The Morgan fingerprint density at radius 3 is 2.30 bits per heavy atom. The van der Waals surface area contributed by atoms with Crippen LogP contribution in [0.2, 0.25) is 0 Å². The highest BCUT2D eigenvalue weighted by molar-refractivity contribution is 4.67. The third kappa shape index (κ3) is 3.79. The van der Waals surface area contributed by atoms with E-state index >= 15 is 0 Å². The molecule has 1 unspecified atom stereocenters. The van der Waals surface area contributed by atoms with Gasteiger partial charge in [-0.3, -0.25) is 0 Å². The molecule has 10 heavy (non-hydrogen) atoms. The van der Waals surface area contributed by atoms with Crippen molar-refractivity contribution in [2.75, 3.05) is 20.2 Å². The molecule has 2 atom stereocenters. The molecule has 0 aromatic rings. The number of likely N-dealkylation sites (N-methyl/N-ethyl adjacent to an activating group) is 1. The summed E-state index contributed by atoms with van der Waals surface area (Å²) in [6.07, 6.45) is -1.38. The van der Waals surface area contributed by atoms with Gasteiger partial charge in [-0.15, -0.1) is 0 Å². The van der Waals surface area contributed by atoms with Crippen LogP contribution in [-0.4, -0.2) is 47.7 Å². The molecule has 4 nitrogen and oxygen atoms in total.